The number of pyridine rings is 1. The number of rotatable bonds is 5. The molecule has 19 heavy (non-hydrogen) atoms. The zero-order chi connectivity index (χ0) is 14.0. The average Bonchev–Trinajstić information content (AvgIpc) is 2.38. The third-order valence-electron chi connectivity index (χ3n) is 3.82. The van der Waals surface area contributed by atoms with Gasteiger partial charge in [0.25, 0.3) is 0 Å². The first-order valence-electron chi connectivity index (χ1n) is 6.46. The maximum atomic E-state index is 10.9. The van der Waals surface area contributed by atoms with E-state index in [4.69, 9.17) is 4.74 Å². The smallest absolute Gasteiger partial charge is 0.406 e. The summed E-state index contributed by atoms with van der Waals surface area (Å²) in [5, 5.41) is 14.3. The van der Waals surface area contributed by atoms with Gasteiger partial charge >= 0.3 is 5.82 Å². The number of hydrogen-bond acceptors (Lipinski definition) is 5. The lowest BCUT2D eigenvalue weighted by atomic mass is 9.64. The summed E-state index contributed by atoms with van der Waals surface area (Å²) < 4.78 is 5.79. The summed E-state index contributed by atoms with van der Waals surface area (Å²) in [7, 11) is 0. The van der Waals surface area contributed by atoms with Gasteiger partial charge in [0.1, 0.15) is 12.3 Å². The molecular weight excluding hydrogens is 246 g/mol. The van der Waals surface area contributed by atoms with Gasteiger partial charge in [0, 0.05) is 17.9 Å². The zero-order valence-corrected chi connectivity index (χ0v) is 11.4. The van der Waals surface area contributed by atoms with E-state index in [1.54, 1.807) is 12.1 Å². The second-order valence-corrected chi connectivity index (χ2v) is 5.36. The third-order valence-corrected chi connectivity index (χ3v) is 3.82. The molecule has 0 spiro atoms. The van der Waals surface area contributed by atoms with Crippen molar-refractivity contribution in [3.8, 4) is 5.75 Å². The molecule has 0 bridgehead atoms. The number of nitrogens with zero attached hydrogens (tertiary/aromatic N) is 2. The molecule has 0 radical (unpaired) electrons. The maximum Gasteiger partial charge on any atom is 0.406 e. The van der Waals surface area contributed by atoms with Crippen LogP contribution < -0.4 is 10.1 Å². The average molecular weight is 265 g/mol. The Kier molecular flexibility index (Phi) is 3.71. The Bertz CT molecular complexity index is 476. The van der Waals surface area contributed by atoms with E-state index >= 15 is 0 Å². The zero-order valence-electron chi connectivity index (χ0n) is 11.4. The molecule has 2 atom stereocenters. The maximum absolute atomic E-state index is 10.9. The van der Waals surface area contributed by atoms with Gasteiger partial charge in [-0.2, -0.15) is 0 Å². The normalized spacial score (nSPS) is 24.6. The lowest BCUT2D eigenvalue weighted by molar-refractivity contribution is -0.391. The molecule has 0 aromatic carbocycles. The summed E-state index contributed by atoms with van der Waals surface area (Å²) in [6.45, 7) is 7.19. The monoisotopic (exact) mass is 265 g/mol. The Morgan fingerprint density at radius 3 is 2.95 bits per heavy atom. The van der Waals surface area contributed by atoms with Gasteiger partial charge in [-0.3, -0.25) is 0 Å². The van der Waals surface area contributed by atoms with Crippen molar-refractivity contribution in [3.63, 3.8) is 0 Å². The van der Waals surface area contributed by atoms with Crippen LogP contribution in [0.25, 0.3) is 0 Å². The molecule has 6 heteroatoms. The van der Waals surface area contributed by atoms with Crippen LogP contribution in [0.5, 0.6) is 5.75 Å². The number of nitrogens with one attached hydrogen (secondary N) is 1. The molecule has 1 N–H and O–H groups in total. The molecule has 0 aliphatic heterocycles. The van der Waals surface area contributed by atoms with Gasteiger partial charge in [-0.1, -0.05) is 20.8 Å². The van der Waals surface area contributed by atoms with Crippen molar-refractivity contribution in [1.82, 2.24) is 10.3 Å². The summed E-state index contributed by atoms with van der Waals surface area (Å²) in [6.07, 6.45) is 2.23. The second-order valence-electron chi connectivity index (χ2n) is 5.36. The van der Waals surface area contributed by atoms with Crippen molar-refractivity contribution in [2.45, 2.75) is 39.3 Å². The minimum Gasteiger partial charge on any atom is -0.482 e. The van der Waals surface area contributed by atoms with E-state index in [0.29, 0.717) is 6.04 Å². The second kappa shape index (κ2) is 5.13. The van der Waals surface area contributed by atoms with E-state index in [1.807, 2.05) is 0 Å². The Hall–Kier alpha value is -1.69. The van der Waals surface area contributed by atoms with E-state index in [1.165, 1.54) is 6.20 Å². The van der Waals surface area contributed by atoms with Crippen LogP contribution in [0, 0.1) is 15.5 Å². The van der Waals surface area contributed by atoms with Crippen LogP contribution in [0.4, 0.5) is 5.82 Å². The molecule has 2 rings (SSSR count). The molecule has 1 aromatic rings. The van der Waals surface area contributed by atoms with Crippen LogP contribution in [0.1, 0.15) is 27.2 Å². The highest BCUT2D eigenvalue weighted by Gasteiger charge is 2.50. The lowest BCUT2D eigenvalue weighted by Crippen LogP contribution is -2.62. The van der Waals surface area contributed by atoms with Gasteiger partial charge in [-0.05, 0) is 28.6 Å². The standard InChI is InChI=1S/C13H19N3O3/c1-4-14-10-8-11(13(10,2)3)19-9-6-5-7-15-12(9)16(17)18/h5-7,10-11,14H,4,8H2,1-3H3. The molecule has 1 aliphatic carbocycles. The highest BCUT2D eigenvalue weighted by atomic mass is 16.6. The Morgan fingerprint density at radius 2 is 2.37 bits per heavy atom. The fourth-order valence-electron chi connectivity index (χ4n) is 2.44. The summed E-state index contributed by atoms with van der Waals surface area (Å²) in [6, 6.07) is 3.63. The number of ether oxygens (including phenoxy) is 1. The summed E-state index contributed by atoms with van der Waals surface area (Å²) >= 11 is 0. The quantitative estimate of drug-likeness (QED) is 0.652. The van der Waals surface area contributed by atoms with Gasteiger partial charge in [0.05, 0.1) is 0 Å². The Labute approximate surface area is 112 Å². The van der Waals surface area contributed by atoms with Crippen LogP contribution in [0.15, 0.2) is 18.3 Å². The Balaban J connectivity index is 2.10. The van der Waals surface area contributed by atoms with Gasteiger partial charge in [0.2, 0.25) is 5.75 Å². The topological polar surface area (TPSA) is 77.3 Å². The van der Waals surface area contributed by atoms with E-state index in [9.17, 15) is 10.1 Å². The van der Waals surface area contributed by atoms with Gasteiger partial charge in [-0.25, -0.2) is 0 Å². The van der Waals surface area contributed by atoms with Crippen LogP contribution >= 0.6 is 0 Å². The fourth-order valence-corrected chi connectivity index (χ4v) is 2.44. The van der Waals surface area contributed by atoms with Gasteiger partial charge in [0.15, 0.2) is 0 Å². The van der Waals surface area contributed by atoms with Gasteiger partial charge < -0.3 is 20.2 Å². The van der Waals surface area contributed by atoms with E-state index in [0.717, 1.165) is 13.0 Å². The SMILES string of the molecule is CCNC1CC(Oc2cccnc2[N+](=O)[O-])C1(C)C. The first kappa shape index (κ1) is 13.7. The van der Waals surface area contributed by atoms with Crippen molar-refractivity contribution in [2.75, 3.05) is 6.54 Å². The van der Waals surface area contributed by atoms with Crippen molar-refractivity contribution >= 4 is 5.82 Å². The van der Waals surface area contributed by atoms with E-state index < -0.39 is 4.92 Å². The fraction of sp³-hybridized carbons (Fsp3) is 0.615. The Morgan fingerprint density at radius 1 is 1.63 bits per heavy atom. The molecule has 1 fully saturated rings. The first-order valence-corrected chi connectivity index (χ1v) is 6.46. The third kappa shape index (κ3) is 2.53. The highest BCUT2D eigenvalue weighted by molar-refractivity contribution is 5.39. The predicted octanol–water partition coefficient (Wildman–Crippen LogP) is 2.15. The number of aromatic nitrogens is 1. The molecule has 1 aromatic heterocycles. The molecule has 0 saturated heterocycles. The van der Waals surface area contributed by atoms with Crippen molar-refractivity contribution in [2.24, 2.45) is 5.41 Å². The number of nitro groups is 1. The molecule has 1 heterocycles. The van der Waals surface area contributed by atoms with Crippen molar-refractivity contribution in [1.29, 1.82) is 0 Å². The molecule has 1 aliphatic rings. The minimum absolute atomic E-state index is 0.0283. The minimum atomic E-state index is -0.511. The van der Waals surface area contributed by atoms with Gasteiger partial charge in [-0.15, -0.1) is 0 Å². The highest BCUT2D eigenvalue weighted by Crippen LogP contribution is 2.43. The summed E-state index contributed by atoms with van der Waals surface area (Å²) in [5.74, 6) is 0.0331. The number of hydrogen-bond donors (Lipinski definition) is 1. The molecule has 2 unspecified atom stereocenters. The van der Waals surface area contributed by atoms with Crippen LogP contribution in [0.3, 0.4) is 0 Å². The van der Waals surface area contributed by atoms with Crippen LogP contribution in [0.2, 0.25) is 0 Å². The molecule has 0 amide bonds. The molecule has 104 valence electrons. The molecule has 1 saturated carbocycles. The first-order chi connectivity index (χ1) is 8.96. The summed E-state index contributed by atoms with van der Waals surface area (Å²) in [4.78, 5) is 14.1. The summed E-state index contributed by atoms with van der Waals surface area (Å²) in [5.41, 5.74) is -0.0419. The van der Waals surface area contributed by atoms with Crippen molar-refractivity contribution in [3.05, 3.63) is 28.4 Å². The van der Waals surface area contributed by atoms with Crippen molar-refractivity contribution < 1.29 is 9.66 Å². The predicted molar refractivity (Wildman–Crippen MR) is 71.2 cm³/mol. The van der Waals surface area contributed by atoms with E-state index in [-0.39, 0.29) is 23.1 Å². The van der Waals surface area contributed by atoms with E-state index in [2.05, 4.69) is 31.1 Å². The largest absolute Gasteiger partial charge is 0.482 e. The van der Waals surface area contributed by atoms with Crippen LogP contribution in [-0.2, 0) is 0 Å². The molecular formula is C13H19N3O3. The lowest BCUT2D eigenvalue weighted by Gasteiger charge is -2.51. The molecule has 6 nitrogen and oxygen atoms in total. The van der Waals surface area contributed by atoms with Crippen LogP contribution in [-0.4, -0.2) is 28.6 Å².